The summed E-state index contributed by atoms with van der Waals surface area (Å²) in [6.45, 7) is 0.580. The Hall–Kier alpha value is -2.37. The van der Waals surface area contributed by atoms with Gasteiger partial charge in [-0.25, -0.2) is 0 Å². The highest BCUT2D eigenvalue weighted by atomic mass is 16.4. The van der Waals surface area contributed by atoms with Crippen LogP contribution in [0.1, 0.15) is 25.7 Å². The van der Waals surface area contributed by atoms with Crippen LogP contribution in [-0.2, 0) is 14.4 Å². The molecule has 1 aliphatic carbocycles. The van der Waals surface area contributed by atoms with E-state index in [1.165, 1.54) is 0 Å². The molecule has 6 nitrogen and oxygen atoms in total. The van der Waals surface area contributed by atoms with Gasteiger partial charge in [0, 0.05) is 18.2 Å². The van der Waals surface area contributed by atoms with Crippen LogP contribution in [0.25, 0.3) is 0 Å². The van der Waals surface area contributed by atoms with Crippen molar-refractivity contribution in [1.29, 1.82) is 0 Å². The van der Waals surface area contributed by atoms with Gasteiger partial charge in [0.25, 0.3) is 0 Å². The Labute approximate surface area is 134 Å². The predicted octanol–water partition coefficient (Wildman–Crippen LogP) is 1.41. The van der Waals surface area contributed by atoms with Crippen molar-refractivity contribution >= 4 is 23.5 Å². The number of carbonyl (C=O) groups excluding carboxylic acids is 2. The fourth-order valence-electron chi connectivity index (χ4n) is 3.41. The highest BCUT2D eigenvalue weighted by molar-refractivity contribution is 6.01. The summed E-state index contributed by atoms with van der Waals surface area (Å²) in [5.74, 6) is -1.87. The summed E-state index contributed by atoms with van der Waals surface area (Å²) in [7, 11) is 0. The highest BCUT2D eigenvalue weighted by Crippen LogP contribution is 2.31. The second-order valence-electron chi connectivity index (χ2n) is 6.22. The fourth-order valence-corrected chi connectivity index (χ4v) is 3.41. The van der Waals surface area contributed by atoms with Crippen molar-refractivity contribution in [3.63, 3.8) is 0 Å². The smallest absolute Gasteiger partial charge is 0.306 e. The zero-order valence-electron chi connectivity index (χ0n) is 12.8. The Morgan fingerprint density at radius 3 is 2.43 bits per heavy atom. The first kappa shape index (κ1) is 15.5. The van der Waals surface area contributed by atoms with Gasteiger partial charge in [0.2, 0.25) is 11.8 Å². The summed E-state index contributed by atoms with van der Waals surface area (Å²) in [4.78, 5) is 37.4. The number of benzene rings is 1. The second-order valence-corrected chi connectivity index (χ2v) is 6.22. The van der Waals surface area contributed by atoms with Gasteiger partial charge in [0.1, 0.15) is 6.04 Å². The van der Waals surface area contributed by atoms with Crippen molar-refractivity contribution in [3.05, 3.63) is 30.3 Å². The molecule has 0 bridgehead atoms. The molecule has 6 heteroatoms. The minimum Gasteiger partial charge on any atom is -0.481 e. The van der Waals surface area contributed by atoms with E-state index in [4.69, 9.17) is 5.11 Å². The fraction of sp³-hybridized carbons (Fsp3) is 0.471. The van der Waals surface area contributed by atoms with Gasteiger partial charge in [-0.1, -0.05) is 18.2 Å². The van der Waals surface area contributed by atoms with Crippen LogP contribution in [0.4, 0.5) is 5.69 Å². The summed E-state index contributed by atoms with van der Waals surface area (Å²) in [5.41, 5.74) is 0.834. The maximum Gasteiger partial charge on any atom is 0.306 e. The van der Waals surface area contributed by atoms with E-state index in [9.17, 15) is 14.4 Å². The molecule has 122 valence electrons. The van der Waals surface area contributed by atoms with Gasteiger partial charge in [-0.05, 0) is 37.8 Å². The van der Waals surface area contributed by atoms with Crippen LogP contribution in [0.2, 0.25) is 0 Å². The SMILES string of the molecule is O=C(O)[C@@H]1CC[C@H](C(=O)NC2CCN(c3ccccc3)C2=O)C1. The van der Waals surface area contributed by atoms with Crippen LogP contribution in [0.15, 0.2) is 30.3 Å². The average molecular weight is 316 g/mol. The average Bonchev–Trinajstić information content (AvgIpc) is 3.16. The molecule has 2 amide bonds. The van der Waals surface area contributed by atoms with E-state index in [0.29, 0.717) is 32.2 Å². The molecule has 1 saturated heterocycles. The standard InChI is InChI=1S/C17H20N2O4/c20-15(11-6-7-12(10-11)17(22)23)18-14-8-9-19(16(14)21)13-4-2-1-3-5-13/h1-5,11-12,14H,6-10H2,(H,18,20)(H,22,23)/t11-,12+,14?/m0/s1. The van der Waals surface area contributed by atoms with Gasteiger partial charge in [-0.15, -0.1) is 0 Å². The van der Waals surface area contributed by atoms with Gasteiger partial charge in [0.05, 0.1) is 5.92 Å². The summed E-state index contributed by atoms with van der Waals surface area (Å²) in [5, 5.41) is 11.8. The van der Waals surface area contributed by atoms with Crippen LogP contribution in [0.3, 0.4) is 0 Å². The van der Waals surface area contributed by atoms with E-state index in [-0.39, 0.29) is 17.7 Å². The van der Waals surface area contributed by atoms with Crippen LogP contribution in [0.5, 0.6) is 0 Å². The van der Waals surface area contributed by atoms with Crippen molar-refractivity contribution in [2.75, 3.05) is 11.4 Å². The maximum atomic E-state index is 12.4. The molecule has 1 aliphatic heterocycles. The number of nitrogens with zero attached hydrogens (tertiary/aromatic N) is 1. The third-order valence-electron chi connectivity index (χ3n) is 4.74. The molecule has 1 saturated carbocycles. The number of anilines is 1. The molecule has 3 atom stereocenters. The normalized spacial score (nSPS) is 27.2. The van der Waals surface area contributed by atoms with Gasteiger partial charge in [-0.2, -0.15) is 0 Å². The van der Waals surface area contributed by atoms with Crippen molar-refractivity contribution in [2.45, 2.75) is 31.7 Å². The predicted molar refractivity (Wildman–Crippen MR) is 83.8 cm³/mol. The molecule has 2 aliphatic rings. The molecule has 23 heavy (non-hydrogen) atoms. The molecule has 1 aromatic carbocycles. The van der Waals surface area contributed by atoms with E-state index in [0.717, 1.165) is 5.69 Å². The van der Waals surface area contributed by atoms with Gasteiger partial charge in [-0.3, -0.25) is 14.4 Å². The van der Waals surface area contributed by atoms with E-state index in [2.05, 4.69) is 5.32 Å². The van der Waals surface area contributed by atoms with E-state index < -0.39 is 17.9 Å². The van der Waals surface area contributed by atoms with Crippen molar-refractivity contribution in [2.24, 2.45) is 11.8 Å². The Bertz CT molecular complexity index is 616. The molecule has 3 rings (SSSR count). The minimum absolute atomic E-state index is 0.0997. The quantitative estimate of drug-likeness (QED) is 0.879. The molecule has 2 fully saturated rings. The number of amides is 2. The monoisotopic (exact) mass is 316 g/mol. The number of carboxylic acids is 1. The molecule has 0 radical (unpaired) electrons. The lowest BCUT2D eigenvalue weighted by atomic mass is 10.0. The molecule has 0 aromatic heterocycles. The molecule has 1 unspecified atom stereocenters. The molecule has 1 heterocycles. The Morgan fingerprint density at radius 1 is 1.09 bits per heavy atom. The Balaban J connectivity index is 1.58. The number of hydrogen-bond acceptors (Lipinski definition) is 3. The molecule has 2 N–H and O–H groups in total. The van der Waals surface area contributed by atoms with Crippen LogP contribution in [0, 0.1) is 11.8 Å². The first-order valence-corrected chi connectivity index (χ1v) is 7.96. The molecule has 1 aromatic rings. The van der Waals surface area contributed by atoms with Crippen molar-refractivity contribution in [1.82, 2.24) is 5.32 Å². The van der Waals surface area contributed by atoms with Gasteiger partial charge >= 0.3 is 5.97 Å². The Kier molecular flexibility index (Phi) is 4.32. The maximum absolute atomic E-state index is 12.4. The van der Waals surface area contributed by atoms with E-state index >= 15 is 0 Å². The lowest BCUT2D eigenvalue weighted by Gasteiger charge is -2.18. The number of hydrogen-bond donors (Lipinski definition) is 2. The zero-order chi connectivity index (χ0) is 16.4. The zero-order valence-corrected chi connectivity index (χ0v) is 12.8. The van der Waals surface area contributed by atoms with Crippen LogP contribution in [-0.4, -0.2) is 35.5 Å². The van der Waals surface area contributed by atoms with Crippen LogP contribution >= 0.6 is 0 Å². The summed E-state index contributed by atoms with van der Waals surface area (Å²) in [6, 6.07) is 8.87. The third kappa shape index (κ3) is 3.21. The highest BCUT2D eigenvalue weighted by Gasteiger charge is 2.38. The number of nitrogens with one attached hydrogen (secondary N) is 1. The minimum atomic E-state index is -0.840. The summed E-state index contributed by atoms with van der Waals surface area (Å²) >= 11 is 0. The van der Waals surface area contributed by atoms with Gasteiger partial charge < -0.3 is 15.3 Å². The van der Waals surface area contributed by atoms with Crippen LogP contribution < -0.4 is 10.2 Å². The number of carboxylic acid groups (broad SMARTS) is 1. The number of aliphatic carboxylic acids is 1. The number of rotatable bonds is 4. The lowest BCUT2D eigenvalue weighted by molar-refractivity contribution is -0.141. The Morgan fingerprint density at radius 2 is 1.78 bits per heavy atom. The third-order valence-corrected chi connectivity index (χ3v) is 4.74. The van der Waals surface area contributed by atoms with Gasteiger partial charge in [0.15, 0.2) is 0 Å². The largest absolute Gasteiger partial charge is 0.481 e. The number of para-hydroxylation sites is 1. The van der Waals surface area contributed by atoms with Crippen molar-refractivity contribution < 1.29 is 19.5 Å². The summed E-state index contributed by atoms with van der Waals surface area (Å²) in [6.07, 6.45) is 2.05. The lowest BCUT2D eigenvalue weighted by Crippen LogP contribution is -2.43. The number of carbonyl (C=O) groups is 3. The first-order chi connectivity index (χ1) is 11.1. The molecular formula is C17H20N2O4. The molecular weight excluding hydrogens is 296 g/mol. The second kappa shape index (κ2) is 6.40. The molecule has 0 spiro atoms. The summed E-state index contributed by atoms with van der Waals surface area (Å²) < 4.78 is 0. The van der Waals surface area contributed by atoms with Crippen molar-refractivity contribution in [3.8, 4) is 0 Å². The first-order valence-electron chi connectivity index (χ1n) is 7.96. The van der Waals surface area contributed by atoms with E-state index in [1.54, 1.807) is 4.90 Å². The topological polar surface area (TPSA) is 86.7 Å². The van der Waals surface area contributed by atoms with E-state index in [1.807, 2.05) is 30.3 Å².